The SMILES string of the molecule is CC(=O)NCc1ccc(C(=O)OC(C)C(=O)Nc2ccccc2-c2ccccc2)cc1. The lowest BCUT2D eigenvalue weighted by molar-refractivity contribution is -0.123. The first-order valence-electron chi connectivity index (χ1n) is 9.93. The van der Waals surface area contributed by atoms with E-state index in [1.165, 1.54) is 13.8 Å². The fraction of sp³-hybridized carbons (Fsp3) is 0.160. The van der Waals surface area contributed by atoms with Crippen LogP contribution in [-0.4, -0.2) is 23.9 Å². The van der Waals surface area contributed by atoms with E-state index < -0.39 is 18.0 Å². The lowest BCUT2D eigenvalue weighted by Gasteiger charge is -2.16. The van der Waals surface area contributed by atoms with E-state index in [-0.39, 0.29) is 5.91 Å². The van der Waals surface area contributed by atoms with Crippen molar-refractivity contribution in [2.45, 2.75) is 26.5 Å². The molecule has 3 rings (SSSR count). The Kier molecular flexibility index (Phi) is 7.17. The van der Waals surface area contributed by atoms with Gasteiger partial charge in [-0.2, -0.15) is 0 Å². The number of carbonyl (C=O) groups is 3. The summed E-state index contributed by atoms with van der Waals surface area (Å²) in [4.78, 5) is 36.0. The van der Waals surface area contributed by atoms with Crippen molar-refractivity contribution in [3.8, 4) is 11.1 Å². The molecule has 0 heterocycles. The number of rotatable bonds is 7. The van der Waals surface area contributed by atoms with Crippen molar-refractivity contribution in [2.75, 3.05) is 5.32 Å². The van der Waals surface area contributed by atoms with Crippen LogP contribution in [-0.2, 0) is 20.9 Å². The van der Waals surface area contributed by atoms with Gasteiger partial charge in [0, 0.05) is 24.7 Å². The molecule has 0 saturated heterocycles. The van der Waals surface area contributed by atoms with Gasteiger partial charge in [-0.05, 0) is 36.2 Å². The van der Waals surface area contributed by atoms with Crippen molar-refractivity contribution in [3.05, 3.63) is 90.0 Å². The minimum absolute atomic E-state index is 0.128. The molecule has 0 aromatic heterocycles. The molecule has 6 heteroatoms. The van der Waals surface area contributed by atoms with Crippen LogP contribution in [0.25, 0.3) is 11.1 Å². The Morgan fingerprint density at radius 3 is 2.19 bits per heavy atom. The van der Waals surface area contributed by atoms with E-state index in [0.29, 0.717) is 17.8 Å². The molecule has 1 unspecified atom stereocenters. The molecule has 0 fully saturated rings. The smallest absolute Gasteiger partial charge is 0.338 e. The summed E-state index contributed by atoms with van der Waals surface area (Å²) in [5, 5.41) is 5.53. The van der Waals surface area contributed by atoms with Gasteiger partial charge in [-0.3, -0.25) is 9.59 Å². The summed E-state index contributed by atoms with van der Waals surface area (Å²) in [6.45, 7) is 3.35. The number of esters is 1. The maximum Gasteiger partial charge on any atom is 0.338 e. The standard InChI is InChI=1S/C25H24N2O4/c1-17(31-25(30)21-14-12-19(13-15-21)16-26-18(2)28)24(29)27-23-11-7-6-10-22(23)20-8-4-3-5-9-20/h3-15,17H,16H2,1-2H3,(H,26,28)(H,27,29). The molecule has 2 N–H and O–H groups in total. The molecule has 0 bridgehead atoms. The average molecular weight is 416 g/mol. The summed E-state index contributed by atoms with van der Waals surface area (Å²) in [6, 6.07) is 23.8. The maximum atomic E-state index is 12.6. The fourth-order valence-corrected chi connectivity index (χ4v) is 2.96. The van der Waals surface area contributed by atoms with Crippen LogP contribution in [0.4, 0.5) is 5.69 Å². The number of nitrogens with one attached hydrogen (secondary N) is 2. The van der Waals surface area contributed by atoms with E-state index in [2.05, 4.69) is 10.6 Å². The van der Waals surface area contributed by atoms with Crippen LogP contribution < -0.4 is 10.6 Å². The molecule has 158 valence electrons. The highest BCUT2D eigenvalue weighted by Crippen LogP contribution is 2.27. The van der Waals surface area contributed by atoms with Crippen molar-refractivity contribution in [1.29, 1.82) is 0 Å². The molecule has 0 radical (unpaired) electrons. The molecule has 0 aliphatic carbocycles. The predicted molar refractivity (Wildman–Crippen MR) is 119 cm³/mol. The molecule has 1 atom stereocenters. The predicted octanol–water partition coefficient (Wildman–Crippen LogP) is 4.17. The molecule has 0 aliphatic heterocycles. The van der Waals surface area contributed by atoms with Crippen molar-refractivity contribution in [3.63, 3.8) is 0 Å². The third-order valence-electron chi connectivity index (χ3n) is 4.65. The molecule has 0 spiro atoms. The summed E-state index contributed by atoms with van der Waals surface area (Å²) in [7, 11) is 0. The highest BCUT2D eigenvalue weighted by atomic mass is 16.5. The first-order valence-corrected chi connectivity index (χ1v) is 9.93. The van der Waals surface area contributed by atoms with Crippen molar-refractivity contribution in [2.24, 2.45) is 0 Å². The lowest BCUT2D eigenvalue weighted by Crippen LogP contribution is -2.30. The number of hydrogen-bond acceptors (Lipinski definition) is 4. The number of carbonyl (C=O) groups excluding carboxylic acids is 3. The molecule has 0 saturated carbocycles. The van der Waals surface area contributed by atoms with Gasteiger partial charge >= 0.3 is 5.97 Å². The first-order chi connectivity index (χ1) is 14.9. The number of ether oxygens (including phenoxy) is 1. The highest BCUT2D eigenvalue weighted by Gasteiger charge is 2.20. The topological polar surface area (TPSA) is 84.5 Å². The summed E-state index contributed by atoms with van der Waals surface area (Å²) in [5.74, 6) is -1.14. The second-order valence-corrected chi connectivity index (χ2v) is 7.06. The molecule has 2 amide bonds. The number of benzene rings is 3. The van der Waals surface area contributed by atoms with Crippen molar-refractivity contribution in [1.82, 2.24) is 5.32 Å². The van der Waals surface area contributed by atoms with Gasteiger partial charge in [0.25, 0.3) is 5.91 Å². The zero-order valence-corrected chi connectivity index (χ0v) is 17.4. The Bertz CT molecular complexity index is 1060. The maximum absolute atomic E-state index is 12.6. The third kappa shape index (κ3) is 6.02. The van der Waals surface area contributed by atoms with Gasteiger partial charge in [-0.15, -0.1) is 0 Å². The molecular weight excluding hydrogens is 392 g/mol. The summed E-state index contributed by atoms with van der Waals surface area (Å²) >= 11 is 0. The van der Waals surface area contributed by atoms with Crippen LogP contribution in [0.15, 0.2) is 78.9 Å². The number of para-hydroxylation sites is 1. The Labute approximate surface area is 181 Å². The van der Waals surface area contributed by atoms with Gasteiger partial charge < -0.3 is 15.4 Å². The van der Waals surface area contributed by atoms with Gasteiger partial charge in [0.15, 0.2) is 6.10 Å². The van der Waals surface area contributed by atoms with Gasteiger partial charge in [-0.25, -0.2) is 4.79 Å². The number of amides is 2. The number of anilines is 1. The van der Waals surface area contributed by atoms with Crippen LogP contribution in [0.3, 0.4) is 0 Å². The average Bonchev–Trinajstić information content (AvgIpc) is 2.79. The highest BCUT2D eigenvalue weighted by molar-refractivity contribution is 5.99. The summed E-state index contributed by atoms with van der Waals surface area (Å²) < 4.78 is 5.33. The number of hydrogen-bond donors (Lipinski definition) is 2. The summed E-state index contributed by atoms with van der Waals surface area (Å²) in [6.07, 6.45) is -0.976. The Morgan fingerprint density at radius 2 is 1.52 bits per heavy atom. The Balaban J connectivity index is 1.62. The van der Waals surface area contributed by atoms with Crippen LogP contribution in [0.1, 0.15) is 29.8 Å². The zero-order chi connectivity index (χ0) is 22.2. The van der Waals surface area contributed by atoms with Crippen molar-refractivity contribution >= 4 is 23.5 Å². The van der Waals surface area contributed by atoms with E-state index in [1.54, 1.807) is 24.3 Å². The van der Waals surface area contributed by atoms with Gasteiger partial charge in [0.05, 0.1) is 5.56 Å². The minimum Gasteiger partial charge on any atom is -0.449 e. The van der Waals surface area contributed by atoms with Crippen LogP contribution in [0.5, 0.6) is 0 Å². The summed E-state index contributed by atoms with van der Waals surface area (Å²) in [5.41, 5.74) is 3.68. The normalized spacial score (nSPS) is 11.3. The lowest BCUT2D eigenvalue weighted by atomic mass is 10.0. The largest absolute Gasteiger partial charge is 0.449 e. The quantitative estimate of drug-likeness (QED) is 0.566. The molecule has 3 aromatic carbocycles. The van der Waals surface area contributed by atoms with Gasteiger partial charge in [0.1, 0.15) is 0 Å². The molecule has 6 nitrogen and oxygen atoms in total. The van der Waals surface area contributed by atoms with E-state index >= 15 is 0 Å². The monoisotopic (exact) mass is 416 g/mol. The van der Waals surface area contributed by atoms with Gasteiger partial charge in [-0.1, -0.05) is 60.7 Å². The van der Waals surface area contributed by atoms with Crippen LogP contribution in [0.2, 0.25) is 0 Å². The Morgan fingerprint density at radius 1 is 0.871 bits per heavy atom. The van der Waals surface area contributed by atoms with E-state index in [0.717, 1.165) is 16.7 Å². The van der Waals surface area contributed by atoms with E-state index in [4.69, 9.17) is 4.74 Å². The second-order valence-electron chi connectivity index (χ2n) is 7.06. The zero-order valence-electron chi connectivity index (χ0n) is 17.4. The fourth-order valence-electron chi connectivity index (χ4n) is 2.96. The van der Waals surface area contributed by atoms with Gasteiger partial charge in [0.2, 0.25) is 5.91 Å². The van der Waals surface area contributed by atoms with Crippen LogP contribution >= 0.6 is 0 Å². The van der Waals surface area contributed by atoms with Crippen LogP contribution in [0, 0.1) is 0 Å². The van der Waals surface area contributed by atoms with E-state index in [1.807, 2.05) is 54.6 Å². The van der Waals surface area contributed by atoms with Crippen molar-refractivity contribution < 1.29 is 19.1 Å². The third-order valence-corrected chi connectivity index (χ3v) is 4.65. The first kappa shape index (κ1) is 21.8. The minimum atomic E-state index is -0.976. The van der Waals surface area contributed by atoms with E-state index in [9.17, 15) is 14.4 Å². The second kappa shape index (κ2) is 10.2. The molecule has 0 aliphatic rings. The molecule has 31 heavy (non-hydrogen) atoms. The Hall–Kier alpha value is -3.93. The molecule has 3 aromatic rings. The molecular formula is C25H24N2O4.